The molecule has 29 heavy (non-hydrogen) atoms. The number of nitrogens with one attached hydrogen (secondary N) is 2. The van der Waals surface area contributed by atoms with E-state index in [1.807, 2.05) is 57.2 Å². The standard InChI is InChI=1S/C23H26N2O3S/c1-14-6-11-20(15(2)12-14)23(26)22-16(3)13-21(24-22)17(4)18-7-9-19(10-8-18)25-29(5,27)28/h6-13,17,24-25H,1-5H3. The Morgan fingerprint density at radius 3 is 2.21 bits per heavy atom. The monoisotopic (exact) mass is 410 g/mol. The molecule has 0 aliphatic heterocycles. The van der Waals surface area contributed by atoms with Crippen LogP contribution in [0.15, 0.2) is 48.5 Å². The molecule has 6 heteroatoms. The maximum atomic E-state index is 13.1. The summed E-state index contributed by atoms with van der Waals surface area (Å²) in [6.07, 6.45) is 1.12. The number of sulfonamides is 1. The number of hydrogen-bond acceptors (Lipinski definition) is 3. The van der Waals surface area contributed by atoms with Gasteiger partial charge in [-0.05, 0) is 55.7 Å². The quantitative estimate of drug-likeness (QED) is 0.579. The topological polar surface area (TPSA) is 79.0 Å². The van der Waals surface area contributed by atoms with E-state index < -0.39 is 10.0 Å². The summed E-state index contributed by atoms with van der Waals surface area (Å²) in [6.45, 7) is 7.95. The van der Waals surface area contributed by atoms with E-state index in [0.29, 0.717) is 16.9 Å². The highest BCUT2D eigenvalue weighted by molar-refractivity contribution is 7.92. The first-order valence-electron chi connectivity index (χ1n) is 9.44. The summed E-state index contributed by atoms with van der Waals surface area (Å²) < 4.78 is 25.2. The third-order valence-corrected chi connectivity index (χ3v) is 5.68. The number of H-pyrrole nitrogens is 1. The van der Waals surface area contributed by atoms with Crippen molar-refractivity contribution in [1.29, 1.82) is 0 Å². The first-order valence-corrected chi connectivity index (χ1v) is 11.3. The van der Waals surface area contributed by atoms with E-state index in [9.17, 15) is 13.2 Å². The lowest BCUT2D eigenvalue weighted by Gasteiger charge is -2.12. The van der Waals surface area contributed by atoms with Crippen molar-refractivity contribution in [3.05, 3.63) is 87.7 Å². The lowest BCUT2D eigenvalue weighted by atomic mass is 9.97. The summed E-state index contributed by atoms with van der Waals surface area (Å²) in [4.78, 5) is 16.4. The molecule has 0 fully saturated rings. The van der Waals surface area contributed by atoms with E-state index in [1.165, 1.54) is 0 Å². The van der Waals surface area contributed by atoms with Crippen molar-refractivity contribution in [2.45, 2.75) is 33.6 Å². The van der Waals surface area contributed by atoms with Gasteiger partial charge < -0.3 is 4.98 Å². The molecule has 1 heterocycles. The van der Waals surface area contributed by atoms with Crippen molar-refractivity contribution >= 4 is 21.5 Å². The Bertz CT molecular complexity index is 1160. The molecule has 0 radical (unpaired) electrons. The zero-order valence-electron chi connectivity index (χ0n) is 17.3. The number of carbonyl (C=O) groups is 1. The fourth-order valence-electron chi connectivity index (χ4n) is 3.49. The average molecular weight is 411 g/mol. The van der Waals surface area contributed by atoms with Gasteiger partial charge in [-0.2, -0.15) is 0 Å². The number of aromatic nitrogens is 1. The number of aromatic amines is 1. The minimum absolute atomic E-state index is 0.00819. The molecule has 1 unspecified atom stereocenters. The Hall–Kier alpha value is -2.86. The third-order valence-electron chi connectivity index (χ3n) is 5.07. The van der Waals surface area contributed by atoms with Gasteiger partial charge in [-0.25, -0.2) is 8.42 Å². The molecular formula is C23H26N2O3S. The van der Waals surface area contributed by atoms with Crippen LogP contribution in [-0.4, -0.2) is 25.4 Å². The van der Waals surface area contributed by atoms with Crippen LogP contribution in [0, 0.1) is 20.8 Å². The number of carbonyl (C=O) groups excluding carboxylic acids is 1. The molecule has 152 valence electrons. The Kier molecular flexibility index (Phi) is 5.66. The minimum atomic E-state index is -3.30. The normalized spacial score (nSPS) is 12.6. The summed E-state index contributed by atoms with van der Waals surface area (Å²) in [5, 5.41) is 0. The van der Waals surface area contributed by atoms with Crippen molar-refractivity contribution in [3.63, 3.8) is 0 Å². The maximum Gasteiger partial charge on any atom is 0.229 e. The zero-order valence-corrected chi connectivity index (χ0v) is 18.1. The molecule has 0 spiro atoms. The Morgan fingerprint density at radius 1 is 0.966 bits per heavy atom. The predicted octanol–water partition coefficient (Wildman–Crippen LogP) is 4.69. The van der Waals surface area contributed by atoms with E-state index >= 15 is 0 Å². The van der Waals surface area contributed by atoms with Crippen molar-refractivity contribution in [1.82, 2.24) is 4.98 Å². The molecule has 1 atom stereocenters. The first-order chi connectivity index (χ1) is 13.5. The fourth-order valence-corrected chi connectivity index (χ4v) is 4.05. The van der Waals surface area contributed by atoms with Crippen LogP contribution in [0.25, 0.3) is 0 Å². The SMILES string of the molecule is Cc1ccc(C(=O)c2[nH]c(C(C)c3ccc(NS(C)(=O)=O)cc3)cc2C)c(C)c1. The molecule has 0 amide bonds. The number of benzene rings is 2. The molecule has 0 saturated heterocycles. The van der Waals surface area contributed by atoms with Gasteiger partial charge in [0.2, 0.25) is 15.8 Å². The van der Waals surface area contributed by atoms with Crippen LogP contribution in [-0.2, 0) is 10.0 Å². The highest BCUT2D eigenvalue weighted by Crippen LogP contribution is 2.28. The second-order valence-corrected chi connectivity index (χ2v) is 9.40. The number of rotatable bonds is 6. The molecule has 5 nitrogen and oxygen atoms in total. The van der Waals surface area contributed by atoms with Crippen molar-refractivity contribution in [2.75, 3.05) is 11.0 Å². The van der Waals surface area contributed by atoms with Crippen LogP contribution in [0.3, 0.4) is 0 Å². The third kappa shape index (κ3) is 4.77. The second-order valence-electron chi connectivity index (χ2n) is 7.65. The fraction of sp³-hybridized carbons (Fsp3) is 0.261. The van der Waals surface area contributed by atoms with Crippen LogP contribution in [0.5, 0.6) is 0 Å². The maximum absolute atomic E-state index is 13.1. The van der Waals surface area contributed by atoms with Gasteiger partial charge in [-0.3, -0.25) is 9.52 Å². The average Bonchev–Trinajstić information content (AvgIpc) is 3.01. The smallest absolute Gasteiger partial charge is 0.229 e. The van der Waals surface area contributed by atoms with Gasteiger partial charge in [-0.15, -0.1) is 0 Å². The summed E-state index contributed by atoms with van der Waals surface area (Å²) in [6, 6.07) is 15.1. The van der Waals surface area contributed by atoms with Crippen LogP contribution < -0.4 is 4.72 Å². The summed E-state index contributed by atoms with van der Waals surface area (Å²) in [5.41, 5.74) is 6.81. The molecule has 1 aromatic heterocycles. The summed E-state index contributed by atoms with van der Waals surface area (Å²) in [5.74, 6) is 0.0211. The molecular weight excluding hydrogens is 384 g/mol. The van der Waals surface area contributed by atoms with Crippen LogP contribution in [0.4, 0.5) is 5.69 Å². The van der Waals surface area contributed by atoms with Crippen LogP contribution in [0.1, 0.15) is 56.8 Å². The highest BCUT2D eigenvalue weighted by Gasteiger charge is 2.19. The van der Waals surface area contributed by atoms with Gasteiger partial charge in [0, 0.05) is 22.9 Å². The van der Waals surface area contributed by atoms with Gasteiger partial charge in [0.1, 0.15) is 0 Å². The lowest BCUT2D eigenvalue weighted by molar-refractivity contribution is 0.103. The lowest BCUT2D eigenvalue weighted by Crippen LogP contribution is -2.09. The van der Waals surface area contributed by atoms with Gasteiger partial charge >= 0.3 is 0 Å². The molecule has 3 aromatic rings. The summed E-state index contributed by atoms with van der Waals surface area (Å²) >= 11 is 0. The number of aryl methyl sites for hydroxylation is 3. The molecule has 2 N–H and O–H groups in total. The van der Waals surface area contributed by atoms with E-state index in [1.54, 1.807) is 12.1 Å². The van der Waals surface area contributed by atoms with Gasteiger partial charge in [0.25, 0.3) is 0 Å². The van der Waals surface area contributed by atoms with E-state index in [2.05, 4.69) is 16.6 Å². The minimum Gasteiger partial charge on any atom is -0.355 e. The second kappa shape index (κ2) is 7.87. The predicted molar refractivity (Wildman–Crippen MR) is 117 cm³/mol. The number of ketones is 1. The van der Waals surface area contributed by atoms with Crippen molar-refractivity contribution in [2.24, 2.45) is 0 Å². The molecule has 0 bridgehead atoms. The molecule has 3 rings (SSSR count). The molecule has 0 saturated carbocycles. The Labute approximate surface area is 172 Å². The number of anilines is 1. The van der Waals surface area contributed by atoms with Crippen molar-refractivity contribution < 1.29 is 13.2 Å². The Morgan fingerprint density at radius 2 is 1.62 bits per heavy atom. The van der Waals surface area contributed by atoms with E-state index in [0.717, 1.165) is 34.2 Å². The van der Waals surface area contributed by atoms with Crippen LogP contribution >= 0.6 is 0 Å². The Balaban J connectivity index is 1.86. The number of hydrogen-bond donors (Lipinski definition) is 2. The molecule has 0 aliphatic rings. The molecule has 2 aromatic carbocycles. The van der Waals surface area contributed by atoms with Gasteiger partial charge in [0.05, 0.1) is 11.9 Å². The molecule has 0 aliphatic carbocycles. The highest BCUT2D eigenvalue weighted by atomic mass is 32.2. The van der Waals surface area contributed by atoms with Crippen molar-refractivity contribution in [3.8, 4) is 0 Å². The van der Waals surface area contributed by atoms with Gasteiger partial charge in [-0.1, -0.05) is 42.8 Å². The first kappa shape index (κ1) is 20.9. The summed E-state index contributed by atoms with van der Waals surface area (Å²) in [7, 11) is -3.30. The van der Waals surface area contributed by atoms with Gasteiger partial charge in [0.15, 0.2) is 0 Å². The van der Waals surface area contributed by atoms with E-state index in [-0.39, 0.29) is 11.7 Å². The largest absolute Gasteiger partial charge is 0.355 e. The zero-order chi connectivity index (χ0) is 21.3. The van der Waals surface area contributed by atoms with E-state index in [4.69, 9.17) is 0 Å². The van der Waals surface area contributed by atoms with Crippen LogP contribution in [0.2, 0.25) is 0 Å².